The fourth-order valence-corrected chi connectivity index (χ4v) is 4.63. The molecule has 3 amide bonds. The molecule has 1 aliphatic rings. The number of amides is 3. The Morgan fingerprint density at radius 3 is 2.46 bits per heavy atom. The highest BCUT2D eigenvalue weighted by Gasteiger charge is 2.18. The first-order valence-corrected chi connectivity index (χ1v) is 16.2. The minimum Gasteiger partial charge on any atom is -0.484 e. The van der Waals surface area contributed by atoms with Gasteiger partial charge in [0.2, 0.25) is 5.76 Å². The molecule has 1 aromatic heterocycles. The Bertz CT molecular complexity index is 1760. The third-order valence-electron chi connectivity index (χ3n) is 7.18. The quantitative estimate of drug-likeness (QED) is 0.0482. The molecule has 1 aliphatic heterocycles. The number of halogens is 1. The van der Waals surface area contributed by atoms with Gasteiger partial charge in [-0.25, -0.2) is 9.98 Å². The molecule has 0 fully saturated rings. The predicted octanol–water partition coefficient (Wildman–Crippen LogP) is 4.15. The van der Waals surface area contributed by atoms with Crippen molar-refractivity contribution in [2.24, 2.45) is 10.7 Å². The maximum atomic E-state index is 13.4. The van der Waals surface area contributed by atoms with Gasteiger partial charge >= 0.3 is 12.9 Å². The van der Waals surface area contributed by atoms with Crippen LogP contribution in [-0.4, -0.2) is 86.1 Å². The molecule has 0 radical (unpaired) electrons. The number of nitrogens with zero attached hydrogens (tertiary/aromatic N) is 3. The number of aliphatic imine (C=N–C) groups is 1. The molecular weight excluding hydrogens is 664 g/mol. The van der Waals surface area contributed by atoms with Crippen molar-refractivity contribution in [1.29, 1.82) is 5.41 Å². The highest BCUT2D eigenvalue weighted by atomic mass is 35.5. The highest BCUT2D eigenvalue weighted by Crippen LogP contribution is 2.25. The lowest BCUT2D eigenvalue weighted by molar-refractivity contribution is -0.440. The van der Waals surface area contributed by atoms with Gasteiger partial charge in [-0.1, -0.05) is 36.6 Å². The maximum absolute atomic E-state index is 13.4. The first-order chi connectivity index (χ1) is 24.1. The average molecular weight is 704 g/mol. The maximum Gasteiger partial charge on any atom is 0.320 e. The molecule has 50 heavy (non-hydrogen) atoms. The minimum atomic E-state index is -0.569. The summed E-state index contributed by atoms with van der Waals surface area (Å²) in [7, 11) is 3.52. The molecule has 0 unspecified atom stereocenters. The molecule has 14 nitrogen and oxygen atoms in total. The Hall–Kier alpha value is -5.76. The molecular formula is C35H40ClN8O6+. The van der Waals surface area contributed by atoms with Crippen LogP contribution >= 0.6 is 11.6 Å². The van der Waals surface area contributed by atoms with Crippen molar-refractivity contribution in [3.05, 3.63) is 94.3 Å². The Morgan fingerprint density at radius 1 is 1.00 bits per heavy atom. The predicted molar refractivity (Wildman–Crippen MR) is 192 cm³/mol. The van der Waals surface area contributed by atoms with Crippen molar-refractivity contribution in [2.75, 3.05) is 51.0 Å². The van der Waals surface area contributed by atoms with Gasteiger partial charge in [0.1, 0.15) is 17.4 Å². The number of nitrogens with two attached hydrogens (primary N) is 1. The van der Waals surface area contributed by atoms with Gasteiger partial charge in [-0.3, -0.25) is 24.2 Å². The zero-order valence-electron chi connectivity index (χ0n) is 27.8. The number of hydrogen-bond acceptors (Lipinski definition) is 8. The van der Waals surface area contributed by atoms with Gasteiger partial charge in [-0.15, -0.1) is 0 Å². The Labute approximate surface area is 294 Å². The second-order valence-electron chi connectivity index (χ2n) is 11.3. The van der Waals surface area contributed by atoms with E-state index in [9.17, 15) is 14.4 Å². The Kier molecular flexibility index (Phi) is 13.9. The number of allylic oxidation sites excluding steroid dienone is 1. The van der Waals surface area contributed by atoms with Crippen molar-refractivity contribution >= 4 is 59.0 Å². The average Bonchev–Trinajstić information content (AvgIpc) is 3.62. The van der Waals surface area contributed by atoms with Crippen LogP contribution in [0.25, 0.3) is 0 Å². The van der Waals surface area contributed by atoms with Crippen LogP contribution in [0.3, 0.4) is 0 Å². The van der Waals surface area contributed by atoms with Crippen LogP contribution in [0, 0.1) is 5.41 Å². The van der Waals surface area contributed by atoms with E-state index >= 15 is 0 Å². The van der Waals surface area contributed by atoms with Crippen molar-refractivity contribution in [3.63, 3.8) is 0 Å². The molecule has 2 heterocycles. The van der Waals surface area contributed by atoms with Gasteiger partial charge in [0.05, 0.1) is 22.3 Å². The first-order valence-electron chi connectivity index (χ1n) is 15.8. The number of pyridine rings is 1. The fraction of sp³-hybridized carbons (Fsp3) is 0.286. The summed E-state index contributed by atoms with van der Waals surface area (Å²) in [5.41, 5.74) is 7.03. The second-order valence-corrected chi connectivity index (χ2v) is 11.7. The van der Waals surface area contributed by atoms with E-state index in [2.05, 4.69) is 25.9 Å². The summed E-state index contributed by atoms with van der Waals surface area (Å²) in [5, 5.41) is 16.8. The van der Waals surface area contributed by atoms with E-state index in [1.807, 2.05) is 0 Å². The number of benzene rings is 2. The van der Waals surface area contributed by atoms with Crippen molar-refractivity contribution in [1.82, 2.24) is 15.2 Å². The number of aromatic nitrogens is 1. The SMILES string of the molecule is CN(C)C(=N)c1ccc(C(=O)Nc2ccc(OCC(=O)NCCCCCCN=C(N)OC3=CC=[O+]C3)cc2C(=O)Nc2ccc(Cl)cn2)cc1. The summed E-state index contributed by atoms with van der Waals surface area (Å²) in [4.78, 5) is 48.9. The largest absolute Gasteiger partial charge is 0.484 e. The summed E-state index contributed by atoms with van der Waals surface area (Å²) in [6, 6.07) is 14.3. The fourth-order valence-electron chi connectivity index (χ4n) is 4.52. The van der Waals surface area contributed by atoms with E-state index < -0.39 is 11.8 Å². The van der Waals surface area contributed by atoms with Crippen LogP contribution in [0.1, 0.15) is 52.0 Å². The lowest BCUT2D eigenvalue weighted by atomic mass is 10.1. The summed E-state index contributed by atoms with van der Waals surface area (Å²) < 4.78 is 16.1. The third kappa shape index (κ3) is 11.7. The molecule has 4 rings (SSSR count). The molecule has 262 valence electrons. The number of unbranched alkanes of at least 4 members (excludes halogenated alkanes) is 3. The summed E-state index contributed by atoms with van der Waals surface area (Å²) in [5.74, 6) is 0.0661. The number of carbonyl (C=O) groups excluding carboxylic acids is 4. The standard InChI is InChI=1S/C35H39ClN8O6/c1-44(2)32(37)23-7-9-24(10-8-23)33(46)42-29-13-12-26(19-28(29)34(47)43-30-14-11-25(36)20-41-30)49-22-31(45)39-16-5-3-4-6-17-40-35(38)50-27-15-18-48-21-27/h7-15,18-20,37H,3-6,16-17,21-22H2,1-2H3,(H4-,38,39,40,41,42,43,45,46,47)/p+1. The van der Waals surface area contributed by atoms with E-state index in [4.69, 9.17) is 36.6 Å². The van der Waals surface area contributed by atoms with Gasteiger partial charge in [-0.2, -0.15) is 0 Å². The number of hydrogen-bond donors (Lipinski definition) is 5. The number of ether oxygens (including phenoxy) is 2. The number of amidine groups is 2. The summed E-state index contributed by atoms with van der Waals surface area (Å²) in [6.45, 7) is 1.10. The van der Waals surface area contributed by atoms with Crippen LogP contribution < -0.4 is 26.4 Å². The van der Waals surface area contributed by atoms with Gasteiger partial charge in [0.15, 0.2) is 6.61 Å². The molecule has 0 spiro atoms. The Morgan fingerprint density at radius 2 is 1.76 bits per heavy atom. The van der Waals surface area contributed by atoms with Gasteiger partial charge in [0, 0.05) is 44.5 Å². The normalized spacial score (nSPS) is 12.1. The molecule has 0 saturated carbocycles. The molecule has 3 aromatic rings. The molecule has 0 bridgehead atoms. The number of anilines is 2. The van der Waals surface area contributed by atoms with E-state index in [0.717, 1.165) is 25.7 Å². The summed E-state index contributed by atoms with van der Waals surface area (Å²) in [6.07, 6.45) is 8.04. The zero-order chi connectivity index (χ0) is 35.9. The number of nitrogens with one attached hydrogen (secondary N) is 4. The molecule has 0 atom stereocenters. The van der Waals surface area contributed by atoms with E-state index in [1.165, 1.54) is 24.6 Å². The van der Waals surface area contributed by atoms with Crippen molar-refractivity contribution in [3.8, 4) is 5.75 Å². The van der Waals surface area contributed by atoms with E-state index in [0.29, 0.717) is 47.4 Å². The van der Waals surface area contributed by atoms with Gasteiger partial charge in [-0.05, 0) is 55.3 Å². The van der Waals surface area contributed by atoms with E-state index in [-0.39, 0.29) is 41.4 Å². The second kappa shape index (κ2) is 18.7. The Balaban J connectivity index is 1.29. The third-order valence-corrected chi connectivity index (χ3v) is 7.40. The topological polar surface area (TPSA) is 195 Å². The highest BCUT2D eigenvalue weighted by molar-refractivity contribution is 6.30. The smallest absolute Gasteiger partial charge is 0.320 e. The number of aldehydes is 1. The van der Waals surface area contributed by atoms with Crippen LogP contribution in [0.4, 0.5) is 11.5 Å². The van der Waals surface area contributed by atoms with Crippen LogP contribution in [0.5, 0.6) is 5.75 Å². The molecule has 6 N–H and O–H groups in total. The van der Waals surface area contributed by atoms with Crippen LogP contribution in [-0.2, 0) is 14.0 Å². The minimum absolute atomic E-state index is 0.0832. The molecule has 15 heteroatoms. The summed E-state index contributed by atoms with van der Waals surface area (Å²) >= 11 is 5.92. The van der Waals surface area contributed by atoms with Gasteiger partial charge in [0.25, 0.3) is 23.7 Å². The number of rotatable bonds is 16. The van der Waals surface area contributed by atoms with Gasteiger partial charge < -0.3 is 36.1 Å². The van der Waals surface area contributed by atoms with Crippen molar-refractivity contribution < 1.29 is 28.3 Å². The van der Waals surface area contributed by atoms with Crippen LogP contribution in [0.2, 0.25) is 5.02 Å². The molecule has 0 aliphatic carbocycles. The van der Waals surface area contributed by atoms with Crippen LogP contribution in [0.15, 0.2) is 77.6 Å². The number of carbonyl (C=O) groups is 3. The molecule has 2 aromatic carbocycles. The lowest BCUT2D eigenvalue weighted by Gasteiger charge is -2.15. The van der Waals surface area contributed by atoms with Crippen molar-refractivity contribution in [2.45, 2.75) is 25.7 Å². The molecule has 0 saturated heterocycles. The first kappa shape index (κ1) is 37.1. The zero-order valence-corrected chi connectivity index (χ0v) is 28.6. The monoisotopic (exact) mass is 703 g/mol. The lowest BCUT2D eigenvalue weighted by Crippen LogP contribution is -2.29. The van der Waals surface area contributed by atoms with E-state index in [1.54, 1.807) is 67.5 Å².